The lowest BCUT2D eigenvalue weighted by molar-refractivity contribution is 0.612. The van der Waals surface area contributed by atoms with Crippen molar-refractivity contribution < 1.29 is 4.39 Å². The van der Waals surface area contributed by atoms with E-state index >= 15 is 0 Å². The van der Waals surface area contributed by atoms with Gasteiger partial charge < -0.3 is 0 Å². The first kappa shape index (κ1) is 14.4. The van der Waals surface area contributed by atoms with Gasteiger partial charge in [0.1, 0.15) is 5.82 Å². The molecule has 4 heteroatoms. The molecule has 0 radical (unpaired) electrons. The van der Waals surface area contributed by atoms with E-state index in [1.165, 1.54) is 23.3 Å². The number of hydrazine groups is 1. The molecule has 0 aliphatic heterocycles. The van der Waals surface area contributed by atoms with E-state index in [0.29, 0.717) is 0 Å². The molecule has 0 spiro atoms. The highest BCUT2D eigenvalue weighted by atomic mass is 127. The quantitative estimate of drug-likeness (QED) is 0.492. The van der Waals surface area contributed by atoms with Crippen LogP contribution in [0.3, 0.4) is 0 Å². The van der Waals surface area contributed by atoms with Crippen molar-refractivity contribution in [3.8, 4) is 0 Å². The molecule has 1 unspecified atom stereocenters. The normalized spacial score (nSPS) is 12.5. The third-order valence-electron chi connectivity index (χ3n) is 3.30. The van der Waals surface area contributed by atoms with E-state index in [2.05, 4.69) is 54.0 Å². The van der Waals surface area contributed by atoms with Gasteiger partial charge in [0, 0.05) is 3.57 Å². The van der Waals surface area contributed by atoms with Crippen molar-refractivity contribution in [3.05, 3.63) is 68.0 Å². The highest BCUT2D eigenvalue weighted by molar-refractivity contribution is 14.1. The van der Waals surface area contributed by atoms with Gasteiger partial charge in [-0.3, -0.25) is 5.84 Å². The van der Waals surface area contributed by atoms with Crippen LogP contribution in [0.5, 0.6) is 0 Å². The first-order valence-corrected chi connectivity index (χ1v) is 7.09. The van der Waals surface area contributed by atoms with Gasteiger partial charge in [-0.25, -0.2) is 9.82 Å². The predicted octanol–water partition coefficient (Wildman–Crippen LogP) is 3.60. The average Bonchev–Trinajstić information content (AvgIpc) is 2.37. The van der Waals surface area contributed by atoms with Crippen molar-refractivity contribution in [2.45, 2.75) is 19.9 Å². The van der Waals surface area contributed by atoms with Crippen molar-refractivity contribution in [1.82, 2.24) is 5.43 Å². The highest BCUT2D eigenvalue weighted by Gasteiger charge is 2.16. The van der Waals surface area contributed by atoms with Crippen LogP contribution in [0.2, 0.25) is 0 Å². The molecule has 0 fully saturated rings. The molecule has 1 atom stereocenters. The van der Waals surface area contributed by atoms with Crippen LogP contribution in [0, 0.1) is 23.2 Å². The molecule has 0 aliphatic carbocycles. The van der Waals surface area contributed by atoms with Gasteiger partial charge in [-0.2, -0.15) is 0 Å². The molecule has 2 aromatic carbocycles. The fourth-order valence-electron chi connectivity index (χ4n) is 2.05. The minimum absolute atomic E-state index is 0.133. The SMILES string of the molecule is Cc1ccc(C(NN)c2ccc(F)cc2I)cc1C. The topological polar surface area (TPSA) is 38.0 Å². The fourth-order valence-corrected chi connectivity index (χ4v) is 2.83. The summed E-state index contributed by atoms with van der Waals surface area (Å²) in [5.41, 5.74) is 7.33. The Hall–Kier alpha value is -0.980. The van der Waals surface area contributed by atoms with Gasteiger partial charge in [0.25, 0.3) is 0 Å². The van der Waals surface area contributed by atoms with Crippen LogP contribution in [0.15, 0.2) is 36.4 Å². The molecule has 2 aromatic rings. The van der Waals surface area contributed by atoms with Crippen LogP contribution in [-0.4, -0.2) is 0 Å². The molecule has 2 rings (SSSR count). The third kappa shape index (κ3) is 3.13. The van der Waals surface area contributed by atoms with Gasteiger partial charge >= 0.3 is 0 Å². The molecule has 0 bridgehead atoms. The Kier molecular flexibility index (Phi) is 4.54. The second kappa shape index (κ2) is 5.98. The first-order valence-electron chi connectivity index (χ1n) is 6.01. The molecule has 0 saturated heterocycles. The lowest BCUT2D eigenvalue weighted by Crippen LogP contribution is -2.29. The van der Waals surface area contributed by atoms with Gasteiger partial charge in [-0.15, -0.1) is 0 Å². The van der Waals surface area contributed by atoms with E-state index in [0.717, 1.165) is 14.7 Å². The second-order valence-electron chi connectivity index (χ2n) is 4.61. The first-order chi connectivity index (χ1) is 9.02. The Morgan fingerprint density at radius 1 is 1.11 bits per heavy atom. The average molecular weight is 370 g/mol. The smallest absolute Gasteiger partial charge is 0.124 e. The van der Waals surface area contributed by atoms with Crippen LogP contribution in [0.1, 0.15) is 28.3 Å². The zero-order valence-corrected chi connectivity index (χ0v) is 13.0. The monoisotopic (exact) mass is 370 g/mol. The Morgan fingerprint density at radius 3 is 2.42 bits per heavy atom. The van der Waals surface area contributed by atoms with Crippen LogP contribution in [0.4, 0.5) is 4.39 Å². The number of nitrogens with one attached hydrogen (secondary N) is 1. The molecular formula is C15H16FIN2. The molecule has 2 nitrogen and oxygen atoms in total. The van der Waals surface area contributed by atoms with Crippen LogP contribution in [0.25, 0.3) is 0 Å². The summed E-state index contributed by atoms with van der Waals surface area (Å²) in [5, 5.41) is 0. The van der Waals surface area contributed by atoms with Crippen molar-refractivity contribution in [3.63, 3.8) is 0 Å². The van der Waals surface area contributed by atoms with Gasteiger partial charge in [0.2, 0.25) is 0 Å². The Balaban J connectivity index is 2.46. The summed E-state index contributed by atoms with van der Waals surface area (Å²) in [4.78, 5) is 0. The summed E-state index contributed by atoms with van der Waals surface area (Å²) in [6.45, 7) is 4.15. The largest absolute Gasteiger partial charge is 0.271 e. The third-order valence-corrected chi connectivity index (χ3v) is 4.24. The molecule has 0 saturated carbocycles. The fraction of sp³-hybridized carbons (Fsp3) is 0.200. The van der Waals surface area contributed by atoms with Crippen molar-refractivity contribution in [2.24, 2.45) is 5.84 Å². The maximum absolute atomic E-state index is 13.2. The van der Waals surface area contributed by atoms with Gasteiger partial charge in [0.15, 0.2) is 0 Å². The van der Waals surface area contributed by atoms with E-state index in [4.69, 9.17) is 5.84 Å². The standard InChI is InChI=1S/C15H16FIN2/c1-9-3-4-11(7-10(9)2)15(19-18)13-6-5-12(16)8-14(13)17/h3-8,15,19H,18H2,1-2H3. The van der Waals surface area contributed by atoms with Gasteiger partial charge in [0.05, 0.1) is 6.04 Å². The molecule has 0 aromatic heterocycles. The maximum Gasteiger partial charge on any atom is 0.124 e. The summed E-state index contributed by atoms with van der Waals surface area (Å²) in [6.07, 6.45) is 0. The van der Waals surface area contributed by atoms with Crippen molar-refractivity contribution in [2.75, 3.05) is 0 Å². The molecule has 3 N–H and O–H groups in total. The number of nitrogens with two attached hydrogens (primary N) is 1. The highest BCUT2D eigenvalue weighted by Crippen LogP contribution is 2.27. The van der Waals surface area contributed by atoms with Crippen molar-refractivity contribution in [1.29, 1.82) is 0 Å². The minimum Gasteiger partial charge on any atom is -0.271 e. The molecule has 19 heavy (non-hydrogen) atoms. The predicted molar refractivity (Wildman–Crippen MR) is 84.2 cm³/mol. The summed E-state index contributed by atoms with van der Waals surface area (Å²) in [6, 6.07) is 10.9. The number of hydrogen-bond acceptors (Lipinski definition) is 2. The number of hydrogen-bond donors (Lipinski definition) is 2. The summed E-state index contributed by atoms with van der Waals surface area (Å²) in [7, 11) is 0. The van der Waals surface area contributed by atoms with Crippen LogP contribution < -0.4 is 11.3 Å². The van der Waals surface area contributed by atoms with Crippen molar-refractivity contribution >= 4 is 22.6 Å². The molecule has 0 amide bonds. The molecule has 0 aliphatic rings. The summed E-state index contributed by atoms with van der Waals surface area (Å²) in [5.74, 6) is 5.45. The Morgan fingerprint density at radius 2 is 1.84 bits per heavy atom. The van der Waals surface area contributed by atoms with E-state index < -0.39 is 0 Å². The second-order valence-corrected chi connectivity index (χ2v) is 5.77. The zero-order valence-electron chi connectivity index (χ0n) is 10.9. The van der Waals surface area contributed by atoms with E-state index in [-0.39, 0.29) is 11.9 Å². The number of rotatable bonds is 3. The van der Waals surface area contributed by atoms with Crippen LogP contribution >= 0.6 is 22.6 Å². The van der Waals surface area contributed by atoms with E-state index in [1.54, 1.807) is 6.07 Å². The Bertz CT molecular complexity index is 599. The number of benzene rings is 2. The van der Waals surface area contributed by atoms with E-state index in [1.807, 2.05) is 6.07 Å². The molecule has 0 heterocycles. The van der Waals surface area contributed by atoms with Gasteiger partial charge in [-0.05, 0) is 70.8 Å². The maximum atomic E-state index is 13.2. The minimum atomic E-state index is -0.232. The summed E-state index contributed by atoms with van der Waals surface area (Å²) >= 11 is 2.13. The lowest BCUT2D eigenvalue weighted by Gasteiger charge is -2.19. The summed E-state index contributed by atoms with van der Waals surface area (Å²) < 4.78 is 14.0. The zero-order chi connectivity index (χ0) is 14.0. The Labute approximate surface area is 126 Å². The van der Waals surface area contributed by atoms with E-state index in [9.17, 15) is 4.39 Å². The molecular weight excluding hydrogens is 354 g/mol. The number of halogens is 2. The lowest BCUT2D eigenvalue weighted by atomic mass is 9.96. The molecule has 100 valence electrons. The number of aryl methyl sites for hydroxylation is 2. The van der Waals surface area contributed by atoms with Crippen LogP contribution in [-0.2, 0) is 0 Å². The van der Waals surface area contributed by atoms with Gasteiger partial charge in [-0.1, -0.05) is 24.3 Å².